The van der Waals surface area contributed by atoms with E-state index < -0.39 is 0 Å². The lowest BCUT2D eigenvalue weighted by atomic mass is 10.1. The van der Waals surface area contributed by atoms with Crippen molar-refractivity contribution in [2.24, 2.45) is 0 Å². The van der Waals surface area contributed by atoms with Gasteiger partial charge in [0.1, 0.15) is 11.6 Å². The van der Waals surface area contributed by atoms with E-state index in [2.05, 4.69) is 12.2 Å². The van der Waals surface area contributed by atoms with Gasteiger partial charge in [0.05, 0.1) is 6.61 Å². The molecule has 3 nitrogen and oxygen atoms in total. The third-order valence-corrected chi connectivity index (χ3v) is 3.65. The van der Waals surface area contributed by atoms with Crippen molar-refractivity contribution in [3.8, 4) is 5.75 Å². The van der Waals surface area contributed by atoms with Crippen LogP contribution in [0.25, 0.3) is 0 Å². The number of halogens is 1. The van der Waals surface area contributed by atoms with E-state index in [9.17, 15) is 9.18 Å². The molecule has 0 saturated heterocycles. The maximum Gasteiger partial charge on any atom is 0.187 e. The van der Waals surface area contributed by atoms with Crippen LogP contribution in [0, 0.1) is 12.7 Å². The molecule has 4 heteroatoms. The van der Waals surface area contributed by atoms with E-state index in [-0.39, 0.29) is 11.6 Å². The van der Waals surface area contributed by atoms with Gasteiger partial charge >= 0.3 is 0 Å². The first-order chi connectivity index (χ1) is 11.6. The van der Waals surface area contributed by atoms with Crippen LogP contribution in [-0.2, 0) is 0 Å². The Hall–Kier alpha value is -2.62. The van der Waals surface area contributed by atoms with Crippen molar-refractivity contribution in [2.45, 2.75) is 26.7 Å². The Labute approximate surface area is 142 Å². The molecule has 0 fully saturated rings. The topological polar surface area (TPSA) is 38.3 Å². The lowest BCUT2D eigenvalue weighted by Gasteiger charge is -2.06. The van der Waals surface area contributed by atoms with Gasteiger partial charge in [0.25, 0.3) is 0 Å². The number of carbonyl (C=O) groups is 1. The quantitative estimate of drug-likeness (QED) is 0.415. The average molecular weight is 327 g/mol. The van der Waals surface area contributed by atoms with Gasteiger partial charge in [-0.3, -0.25) is 4.79 Å². The van der Waals surface area contributed by atoms with Crippen molar-refractivity contribution in [1.82, 2.24) is 0 Å². The summed E-state index contributed by atoms with van der Waals surface area (Å²) in [4.78, 5) is 12.1. The van der Waals surface area contributed by atoms with Crippen molar-refractivity contribution in [1.29, 1.82) is 0 Å². The highest BCUT2D eigenvalue weighted by atomic mass is 19.1. The number of carbonyl (C=O) groups excluding carboxylic acids is 1. The van der Waals surface area contributed by atoms with Gasteiger partial charge in [0.2, 0.25) is 0 Å². The van der Waals surface area contributed by atoms with Crippen LogP contribution in [-0.4, -0.2) is 12.4 Å². The van der Waals surface area contributed by atoms with Crippen molar-refractivity contribution in [3.63, 3.8) is 0 Å². The summed E-state index contributed by atoms with van der Waals surface area (Å²) < 4.78 is 19.0. The third kappa shape index (κ3) is 4.95. The summed E-state index contributed by atoms with van der Waals surface area (Å²) in [6, 6.07) is 11.8. The minimum atomic E-state index is -0.279. The van der Waals surface area contributed by atoms with E-state index in [1.54, 1.807) is 43.3 Å². The Bertz CT molecular complexity index is 708. The van der Waals surface area contributed by atoms with Crippen molar-refractivity contribution in [2.75, 3.05) is 11.9 Å². The van der Waals surface area contributed by atoms with E-state index in [4.69, 9.17) is 4.74 Å². The maximum atomic E-state index is 13.4. The van der Waals surface area contributed by atoms with E-state index in [1.165, 1.54) is 18.3 Å². The molecule has 2 aromatic carbocycles. The zero-order chi connectivity index (χ0) is 17.4. The molecule has 0 aliphatic rings. The molecule has 2 aromatic rings. The zero-order valence-electron chi connectivity index (χ0n) is 14.0. The third-order valence-electron chi connectivity index (χ3n) is 3.65. The molecule has 0 unspecified atom stereocenters. The molecule has 0 radical (unpaired) electrons. The van der Waals surface area contributed by atoms with E-state index in [1.807, 2.05) is 0 Å². The molecule has 1 N–H and O–H groups in total. The van der Waals surface area contributed by atoms with Gasteiger partial charge in [-0.05, 0) is 49.7 Å². The summed E-state index contributed by atoms with van der Waals surface area (Å²) in [5.41, 5.74) is 1.73. The van der Waals surface area contributed by atoms with E-state index in [0.717, 1.165) is 18.6 Å². The second kappa shape index (κ2) is 8.87. The molecular weight excluding hydrogens is 305 g/mol. The summed E-state index contributed by atoms with van der Waals surface area (Å²) >= 11 is 0. The lowest BCUT2D eigenvalue weighted by Crippen LogP contribution is -1.99. The van der Waals surface area contributed by atoms with E-state index >= 15 is 0 Å². The minimum absolute atomic E-state index is 0.128. The second-order valence-corrected chi connectivity index (χ2v) is 5.48. The number of unbranched alkanes of at least 4 members (excludes halogenated alkanes) is 1. The molecule has 0 heterocycles. The van der Waals surface area contributed by atoms with Gasteiger partial charge in [-0.15, -0.1) is 0 Å². The van der Waals surface area contributed by atoms with Gasteiger partial charge < -0.3 is 10.1 Å². The van der Waals surface area contributed by atoms with Gasteiger partial charge in [0, 0.05) is 29.1 Å². The highest BCUT2D eigenvalue weighted by Crippen LogP contribution is 2.17. The van der Waals surface area contributed by atoms with Crippen LogP contribution in [0.1, 0.15) is 35.7 Å². The number of hydrogen-bond donors (Lipinski definition) is 1. The Morgan fingerprint density at radius 2 is 1.96 bits per heavy atom. The molecule has 0 bridgehead atoms. The monoisotopic (exact) mass is 327 g/mol. The number of nitrogens with one attached hydrogen (secondary N) is 1. The normalized spacial score (nSPS) is 10.8. The van der Waals surface area contributed by atoms with Crippen LogP contribution in [0.3, 0.4) is 0 Å². The van der Waals surface area contributed by atoms with Crippen LogP contribution in [0.4, 0.5) is 10.1 Å². The van der Waals surface area contributed by atoms with Crippen LogP contribution >= 0.6 is 0 Å². The first-order valence-corrected chi connectivity index (χ1v) is 8.07. The number of ketones is 1. The smallest absolute Gasteiger partial charge is 0.187 e. The van der Waals surface area contributed by atoms with Gasteiger partial charge in [-0.2, -0.15) is 0 Å². The van der Waals surface area contributed by atoms with Crippen LogP contribution < -0.4 is 10.1 Å². The molecule has 0 amide bonds. The molecular formula is C20H22FNO2. The molecule has 0 spiro atoms. The predicted octanol–water partition coefficient (Wildman–Crippen LogP) is 5.12. The van der Waals surface area contributed by atoms with Crippen LogP contribution in [0.15, 0.2) is 54.7 Å². The predicted molar refractivity (Wildman–Crippen MR) is 95.1 cm³/mol. The molecule has 2 rings (SSSR count). The second-order valence-electron chi connectivity index (χ2n) is 5.48. The number of allylic oxidation sites excluding steroid dienone is 1. The molecule has 0 aliphatic heterocycles. The Balaban J connectivity index is 1.93. The highest BCUT2D eigenvalue weighted by Gasteiger charge is 2.03. The van der Waals surface area contributed by atoms with Gasteiger partial charge in [0.15, 0.2) is 5.78 Å². The Morgan fingerprint density at radius 1 is 1.21 bits per heavy atom. The number of hydrogen-bond acceptors (Lipinski definition) is 3. The highest BCUT2D eigenvalue weighted by molar-refractivity contribution is 6.04. The van der Waals surface area contributed by atoms with Crippen molar-refractivity contribution < 1.29 is 13.9 Å². The molecule has 0 atom stereocenters. The first kappa shape index (κ1) is 17.7. The summed E-state index contributed by atoms with van der Waals surface area (Å²) in [6.07, 6.45) is 5.04. The average Bonchev–Trinajstić information content (AvgIpc) is 2.59. The molecule has 0 aromatic heterocycles. The SMILES string of the molecule is CCCCOc1ccc(C(=O)/C=C/Nc2cccc(F)c2C)cc1. The number of anilines is 1. The molecule has 126 valence electrons. The largest absolute Gasteiger partial charge is 0.494 e. The zero-order valence-corrected chi connectivity index (χ0v) is 14.0. The maximum absolute atomic E-state index is 13.4. The van der Waals surface area contributed by atoms with Crippen LogP contribution in [0.2, 0.25) is 0 Å². The standard InChI is InChI=1S/C20H22FNO2/c1-3-4-14-24-17-10-8-16(9-11-17)20(23)12-13-22-19-7-5-6-18(21)15(19)2/h5-13,22H,3-4,14H2,1-2H3/b13-12+. The minimum Gasteiger partial charge on any atom is -0.494 e. The fraction of sp³-hybridized carbons (Fsp3) is 0.250. The number of benzene rings is 2. The van der Waals surface area contributed by atoms with Crippen molar-refractivity contribution in [3.05, 3.63) is 71.7 Å². The fourth-order valence-corrected chi connectivity index (χ4v) is 2.12. The first-order valence-electron chi connectivity index (χ1n) is 8.07. The van der Waals surface area contributed by atoms with E-state index in [0.29, 0.717) is 23.4 Å². The lowest BCUT2D eigenvalue weighted by molar-refractivity contribution is 0.104. The van der Waals surface area contributed by atoms with Crippen molar-refractivity contribution >= 4 is 11.5 Å². The number of ether oxygens (including phenoxy) is 1. The summed E-state index contributed by atoms with van der Waals surface area (Å²) in [5.74, 6) is 0.354. The number of rotatable bonds is 8. The molecule has 0 saturated carbocycles. The van der Waals surface area contributed by atoms with Gasteiger partial charge in [-0.1, -0.05) is 19.4 Å². The summed E-state index contributed by atoms with van der Waals surface area (Å²) in [7, 11) is 0. The Kier molecular flexibility index (Phi) is 6.55. The summed E-state index contributed by atoms with van der Waals surface area (Å²) in [5, 5.41) is 2.93. The summed E-state index contributed by atoms with van der Waals surface area (Å²) in [6.45, 7) is 4.47. The van der Waals surface area contributed by atoms with Gasteiger partial charge in [-0.25, -0.2) is 4.39 Å². The fourth-order valence-electron chi connectivity index (χ4n) is 2.12. The molecule has 0 aliphatic carbocycles. The molecule has 24 heavy (non-hydrogen) atoms. The van der Waals surface area contributed by atoms with Crippen LogP contribution in [0.5, 0.6) is 5.75 Å². The Morgan fingerprint density at radius 3 is 2.67 bits per heavy atom.